The third kappa shape index (κ3) is 2.23. The molecule has 1 saturated carbocycles. The Morgan fingerprint density at radius 3 is 2.31 bits per heavy atom. The van der Waals surface area contributed by atoms with Gasteiger partial charge in [-0.3, -0.25) is 0 Å². The number of halogens is 1. The fourth-order valence-electron chi connectivity index (χ4n) is 1.73. The second-order valence-corrected chi connectivity index (χ2v) is 4.66. The molecule has 76 valence electrons. The first kappa shape index (κ1) is 11.0. The SMILES string of the molecule is COC(=O)C1(OC)CCC(Br)CC1. The van der Waals surface area contributed by atoms with Gasteiger partial charge in [0.05, 0.1) is 7.11 Å². The zero-order valence-corrected chi connectivity index (χ0v) is 9.59. The molecule has 0 bridgehead atoms. The molecule has 1 fully saturated rings. The van der Waals surface area contributed by atoms with Crippen LogP contribution in [0.3, 0.4) is 0 Å². The van der Waals surface area contributed by atoms with Crippen molar-refractivity contribution in [3.63, 3.8) is 0 Å². The Kier molecular flexibility index (Phi) is 3.74. The molecule has 0 aromatic heterocycles. The summed E-state index contributed by atoms with van der Waals surface area (Å²) >= 11 is 3.53. The fourth-order valence-corrected chi connectivity index (χ4v) is 2.18. The number of carbonyl (C=O) groups is 1. The summed E-state index contributed by atoms with van der Waals surface area (Å²) < 4.78 is 10.0. The van der Waals surface area contributed by atoms with E-state index in [0.717, 1.165) is 25.7 Å². The molecule has 0 N–H and O–H groups in total. The third-order valence-corrected chi connectivity index (χ3v) is 3.59. The first-order valence-electron chi connectivity index (χ1n) is 4.42. The first-order valence-corrected chi connectivity index (χ1v) is 5.34. The number of hydrogen-bond acceptors (Lipinski definition) is 3. The van der Waals surface area contributed by atoms with Gasteiger partial charge in [0.25, 0.3) is 0 Å². The number of carbonyl (C=O) groups excluding carboxylic acids is 1. The van der Waals surface area contributed by atoms with E-state index in [1.807, 2.05) is 0 Å². The zero-order valence-electron chi connectivity index (χ0n) is 8.01. The van der Waals surface area contributed by atoms with Gasteiger partial charge in [0, 0.05) is 11.9 Å². The second kappa shape index (κ2) is 4.42. The van der Waals surface area contributed by atoms with Crippen LogP contribution in [0.25, 0.3) is 0 Å². The highest BCUT2D eigenvalue weighted by molar-refractivity contribution is 9.09. The highest BCUT2D eigenvalue weighted by Crippen LogP contribution is 2.35. The average molecular weight is 251 g/mol. The van der Waals surface area contributed by atoms with E-state index in [1.165, 1.54) is 7.11 Å². The van der Waals surface area contributed by atoms with Crippen molar-refractivity contribution in [2.24, 2.45) is 0 Å². The van der Waals surface area contributed by atoms with E-state index in [9.17, 15) is 4.79 Å². The summed E-state index contributed by atoms with van der Waals surface area (Å²) in [6.45, 7) is 0. The number of methoxy groups -OCH3 is 2. The maximum Gasteiger partial charge on any atom is 0.338 e. The van der Waals surface area contributed by atoms with Crippen molar-refractivity contribution >= 4 is 21.9 Å². The summed E-state index contributed by atoms with van der Waals surface area (Å²) in [4.78, 5) is 12.0. The van der Waals surface area contributed by atoms with E-state index in [1.54, 1.807) is 7.11 Å². The van der Waals surface area contributed by atoms with Crippen LogP contribution in [0.15, 0.2) is 0 Å². The van der Waals surface area contributed by atoms with E-state index in [4.69, 9.17) is 9.47 Å². The van der Waals surface area contributed by atoms with Gasteiger partial charge in [-0.1, -0.05) is 15.9 Å². The van der Waals surface area contributed by atoms with Crippen molar-refractivity contribution in [1.29, 1.82) is 0 Å². The van der Waals surface area contributed by atoms with E-state index < -0.39 is 5.60 Å². The number of ether oxygens (including phenoxy) is 2. The van der Waals surface area contributed by atoms with E-state index in [2.05, 4.69) is 15.9 Å². The minimum absolute atomic E-state index is 0.241. The van der Waals surface area contributed by atoms with E-state index in [-0.39, 0.29) is 5.97 Å². The van der Waals surface area contributed by atoms with Gasteiger partial charge in [0.1, 0.15) is 0 Å². The van der Waals surface area contributed by atoms with Crippen LogP contribution in [-0.2, 0) is 14.3 Å². The van der Waals surface area contributed by atoms with Crippen LogP contribution >= 0.6 is 15.9 Å². The van der Waals surface area contributed by atoms with Crippen molar-refractivity contribution in [2.45, 2.75) is 36.1 Å². The van der Waals surface area contributed by atoms with Gasteiger partial charge in [0.15, 0.2) is 5.60 Å². The van der Waals surface area contributed by atoms with Crippen LogP contribution in [0.2, 0.25) is 0 Å². The predicted molar refractivity (Wildman–Crippen MR) is 52.9 cm³/mol. The minimum atomic E-state index is -0.682. The molecule has 0 saturated heterocycles. The van der Waals surface area contributed by atoms with Gasteiger partial charge in [-0.15, -0.1) is 0 Å². The Morgan fingerprint density at radius 1 is 1.38 bits per heavy atom. The van der Waals surface area contributed by atoms with Crippen LogP contribution < -0.4 is 0 Å². The van der Waals surface area contributed by atoms with Gasteiger partial charge in [0.2, 0.25) is 0 Å². The Bertz CT molecular complexity index is 185. The lowest BCUT2D eigenvalue weighted by molar-refractivity contribution is -0.169. The summed E-state index contributed by atoms with van der Waals surface area (Å²) in [5.74, 6) is -0.241. The van der Waals surface area contributed by atoms with Crippen molar-refractivity contribution in [2.75, 3.05) is 14.2 Å². The lowest BCUT2D eigenvalue weighted by Crippen LogP contribution is -2.45. The molecular weight excluding hydrogens is 236 g/mol. The van der Waals surface area contributed by atoms with Gasteiger partial charge in [-0.2, -0.15) is 0 Å². The van der Waals surface area contributed by atoms with Crippen LogP contribution in [0.5, 0.6) is 0 Å². The molecule has 13 heavy (non-hydrogen) atoms. The van der Waals surface area contributed by atoms with Gasteiger partial charge in [-0.05, 0) is 25.7 Å². The summed E-state index contributed by atoms with van der Waals surface area (Å²) in [6.07, 6.45) is 3.41. The monoisotopic (exact) mass is 250 g/mol. The normalized spacial score (nSPS) is 34.2. The average Bonchev–Trinajstić information content (AvgIpc) is 2.18. The maximum absolute atomic E-state index is 11.5. The number of rotatable bonds is 2. The molecule has 0 aliphatic heterocycles. The number of hydrogen-bond donors (Lipinski definition) is 0. The molecular formula is C9H15BrO3. The summed E-state index contributed by atoms with van der Waals surface area (Å²) in [5.41, 5.74) is -0.682. The zero-order chi connectivity index (χ0) is 9.90. The summed E-state index contributed by atoms with van der Waals surface area (Å²) in [5, 5.41) is 0. The molecule has 1 rings (SSSR count). The Labute approximate surface area is 86.9 Å². The number of alkyl halides is 1. The molecule has 0 aromatic carbocycles. The quantitative estimate of drug-likeness (QED) is 0.555. The molecule has 0 amide bonds. The van der Waals surface area contributed by atoms with E-state index >= 15 is 0 Å². The molecule has 0 radical (unpaired) electrons. The first-order chi connectivity index (χ1) is 6.14. The molecule has 0 spiro atoms. The van der Waals surface area contributed by atoms with Crippen molar-refractivity contribution in [1.82, 2.24) is 0 Å². The van der Waals surface area contributed by atoms with E-state index in [0.29, 0.717) is 4.83 Å². The van der Waals surface area contributed by atoms with Crippen LogP contribution in [0.4, 0.5) is 0 Å². The standard InChI is InChI=1S/C9H15BrO3/c1-12-8(11)9(13-2)5-3-7(10)4-6-9/h7H,3-6H2,1-2H3. The molecule has 1 aliphatic rings. The van der Waals surface area contributed by atoms with Crippen LogP contribution in [-0.4, -0.2) is 30.6 Å². The lowest BCUT2D eigenvalue weighted by atomic mass is 9.84. The van der Waals surface area contributed by atoms with Gasteiger partial charge in [-0.25, -0.2) is 4.79 Å². The van der Waals surface area contributed by atoms with Crippen LogP contribution in [0.1, 0.15) is 25.7 Å². The Morgan fingerprint density at radius 2 is 1.92 bits per heavy atom. The van der Waals surface area contributed by atoms with Gasteiger partial charge >= 0.3 is 5.97 Å². The molecule has 0 aromatic rings. The Balaban J connectivity index is 2.65. The largest absolute Gasteiger partial charge is 0.467 e. The molecule has 0 heterocycles. The third-order valence-electron chi connectivity index (χ3n) is 2.67. The van der Waals surface area contributed by atoms with Crippen molar-refractivity contribution in [3.8, 4) is 0 Å². The minimum Gasteiger partial charge on any atom is -0.467 e. The molecule has 1 aliphatic carbocycles. The summed E-state index contributed by atoms with van der Waals surface area (Å²) in [6, 6.07) is 0. The molecule has 3 nitrogen and oxygen atoms in total. The highest BCUT2D eigenvalue weighted by Gasteiger charge is 2.42. The predicted octanol–water partition coefficient (Wildman–Crippen LogP) is 1.88. The van der Waals surface area contributed by atoms with Crippen molar-refractivity contribution in [3.05, 3.63) is 0 Å². The summed E-state index contributed by atoms with van der Waals surface area (Å²) in [7, 11) is 2.98. The topological polar surface area (TPSA) is 35.5 Å². The Hall–Kier alpha value is -0.0900. The van der Waals surface area contributed by atoms with Crippen LogP contribution in [0, 0.1) is 0 Å². The molecule has 0 atom stereocenters. The fraction of sp³-hybridized carbons (Fsp3) is 0.889. The number of esters is 1. The maximum atomic E-state index is 11.5. The van der Waals surface area contributed by atoms with Crippen molar-refractivity contribution < 1.29 is 14.3 Å². The second-order valence-electron chi connectivity index (χ2n) is 3.36. The lowest BCUT2D eigenvalue weighted by Gasteiger charge is -2.34. The smallest absolute Gasteiger partial charge is 0.338 e. The molecule has 4 heteroatoms. The molecule has 0 unspecified atom stereocenters. The van der Waals surface area contributed by atoms with Gasteiger partial charge < -0.3 is 9.47 Å². The highest BCUT2D eigenvalue weighted by atomic mass is 79.9.